The van der Waals surface area contributed by atoms with Crippen molar-refractivity contribution in [1.82, 2.24) is 0 Å². The van der Waals surface area contributed by atoms with Gasteiger partial charge in [0.05, 0.1) is 27.1 Å². The van der Waals surface area contributed by atoms with Crippen molar-refractivity contribution in [2.45, 2.75) is 18.4 Å². The first kappa shape index (κ1) is 13.4. The maximum atomic E-state index is 10.8. The maximum absolute atomic E-state index is 10.8. The second-order valence-electron chi connectivity index (χ2n) is 2.84. The minimum Gasteiger partial charge on any atom is -0.479 e. The van der Waals surface area contributed by atoms with Crippen LogP contribution in [0.15, 0.2) is 0 Å². The summed E-state index contributed by atoms with van der Waals surface area (Å²) in [6.45, 7) is 0. The average molecular weight is 220 g/mol. The number of carboxylic acids is 1. The number of aliphatic hydroxyl groups is 1. The fourth-order valence-electron chi connectivity index (χ4n) is 0.836. The molecule has 15 heavy (non-hydrogen) atoms. The van der Waals surface area contributed by atoms with Gasteiger partial charge in [-0.1, -0.05) is 0 Å². The van der Waals surface area contributed by atoms with Crippen molar-refractivity contribution in [2.75, 3.05) is 14.2 Å². The number of esters is 2. The van der Waals surface area contributed by atoms with Gasteiger partial charge in [0.1, 0.15) is 0 Å². The lowest BCUT2D eigenvalue weighted by Gasteiger charge is -2.20. The van der Waals surface area contributed by atoms with E-state index in [-0.39, 0.29) is 0 Å². The van der Waals surface area contributed by atoms with Crippen LogP contribution in [0.5, 0.6) is 0 Å². The van der Waals surface area contributed by atoms with Crippen molar-refractivity contribution in [1.29, 1.82) is 0 Å². The van der Waals surface area contributed by atoms with E-state index >= 15 is 0 Å². The van der Waals surface area contributed by atoms with Gasteiger partial charge < -0.3 is 19.7 Å². The summed E-state index contributed by atoms with van der Waals surface area (Å²) in [5.74, 6) is -3.54. The number of carboxylic acid groups (broad SMARTS) is 1. The molecule has 0 heterocycles. The van der Waals surface area contributed by atoms with Gasteiger partial charge in [-0.25, -0.2) is 4.79 Å². The summed E-state index contributed by atoms with van der Waals surface area (Å²) in [6, 6.07) is 0. The summed E-state index contributed by atoms with van der Waals surface area (Å²) in [5, 5.41) is 18.1. The summed E-state index contributed by atoms with van der Waals surface area (Å²) in [4.78, 5) is 32.3. The van der Waals surface area contributed by atoms with E-state index in [1.165, 1.54) is 0 Å². The highest BCUT2D eigenvalue weighted by molar-refractivity contribution is 5.88. The number of hydrogen-bond donors (Lipinski definition) is 2. The van der Waals surface area contributed by atoms with Gasteiger partial charge in [0.25, 0.3) is 0 Å². The van der Waals surface area contributed by atoms with Crippen LogP contribution in [0.25, 0.3) is 0 Å². The zero-order valence-corrected chi connectivity index (χ0v) is 8.35. The third-order valence-electron chi connectivity index (χ3n) is 1.73. The van der Waals surface area contributed by atoms with Crippen molar-refractivity contribution in [3.05, 3.63) is 0 Å². The summed E-state index contributed by atoms with van der Waals surface area (Å²) in [7, 11) is 2.09. The number of rotatable bonds is 5. The fourth-order valence-corrected chi connectivity index (χ4v) is 0.836. The predicted octanol–water partition coefficient (Wildman–Crippen LogP) is -1.07. The van der Waals surface area contributed by atoms with Crippen LogP contribution < -0.4 is 0 Å². The number of aliphatic carboxylic acids is 1. The van der Waals surface area contributed by atoms with Gasteiger partial charge in [-0.05, 0) is 0 Å². The van der Waals surface area contributed by atoms with E-state index in [1.54, 1.807) is 0 Å². The van der Waals surface area contributed by atoms with Gasteiger partial charge in [0, 0.05) is 0 Å². The third kappa shape index (κ3) is 3.94. The van der Waals surface area contributed by atoms with Crippen molar-refractivity contribution in [3.63, 3.8) is 0 Å². The molecule has 0 rings (SSSR count). The van der Waals surface area contributed by atoms with E-state index in [2.05, 4.69) is 9.47 Å². The Bertz CT molecular complexity index is 252. The number of ether oxygens (including phenoxy) is 2. The van der Waals surface area contributed by atoms with Crippen LogP contribution in [0.2, 0.25) is 0 Å². The van der Waals surface area contributed by atoms with Crippen molar-refractivity contribution in [3.8, 4) is 0 Å². The van der Waals surface area contributed by atoms with E-state index in [1.807, 2.05) is 0 Å². The summed E-state index contributed by atoms with van der Waals surface area (Å²) in [6.07, 6.45) is -1.62. The molecule has 0 amide bonds. The van der Waals surface area contributed by atoms with E-state index in [0.717, 1.165) is 14.2 Å². The first-order valence-corrected chi connectivity index (χ1v) is 3.95. The van der Waals surface area contributed by atoms with Crippen molar-refractivity contribution >= 4 is 17.9 Å². The largest absolute Gasteiger partial charge is 0.479 e. The molecule has 0 saturated heterocycles. The molecule has 0 aliphatic heterocycles. The topological polar surface area (TPSA) is 110 Å². The lowest BCUT2D eigenvalue weighted by molar-refractivity contribution is -0.171. The molecule has 86 valence electrons. The summed E-state index contributed by atoms with van der Waals surface area (Å²) in [5.41, 5.74) is -2.49. The van der Waals surface area contributed by atoms with Gasteiger partial charge in [0.15, 0.2) is 5.60 Å². The van der Waals surface area contributed by atoms with Gasteiger partial charge in [-0.3, -0.25) is 9.59 Å². The lowest BCUT2D eigenvalue weighted by atomic mass is 9.96. The molecule has 2 N–H and O–H groups in total. The SMILES string of the molecule is COC(=O)CC(O)(CC(=O)OC)C(=O)O. The first-order chi connectivity index (χ1) is 6.85. The molecular weight excluding hydrogens is 208 g/mol. The van der Waals surface area contributed by atoms with Crippen LogP contribution in [-0.4, -0.2) is 47.9 Å². The molecule has 0 spiro atoms. The van der Waals surface area contributed by atoms with Crippen LogP contribution in [0, 0.1) is 0 Å². The fraction of sp³-hybridized carbons (Fsp3) is 0.625. The second-order valence-corrected chi connectivity index (χ2v) is 2.84. The predicted molar refractivity (Wildman–Crippen MR) is 45.9 cm³/mol. The Kier molecular flexibility index (Phi) is 4.72. The molecule has 0 radical (unpaired) electrons. The minimum absolute atomic E-state index is 0.812. The zero-order chi connectivity index (χ0) is 12.1. The Balaban J connectivity index is 4.67. The lowest BCUT2D eigenvalue weighted by Crippen LogP contribution is -2.43. The normalized spacial score (nSPS) is 10.6. The van der Waals surface area contributed by atoms with Gasteiger partial charge in [-0.2, -0.15) is 0 Å². The van der Waals surface area contributed by atoms with Crippen LogP contribution in [0.1, 0.15) is 12.8 Å². The van der Waals surface area contributed by atoms with E-state index < -0.39 is 36.4 Å². The Labute approximate surface area is 85.6 Å². The Morgan fingerprint density at radius 1 is 1.07 bits per heavy atom. The monoisotopic (exact) mass is 220 g/mol. The van der Waals surface area contributed by atoms with E-state index in [4.69, 9.17) is 5.11 Å². The molecule has 0 aliphatic carbocycles. The number of methoxy groups -OCH3 is 2. The van der Waals surface area contributed by atoms with Crippen LogP contribution in [0.4, 0.5) is 0 Å². The molecule has 0 aromatic heterocycles. The molecule has 7 nitrogen and oxygen atoms in total. The first-order valence-electron chi connectivity index (χ1n) is 3.95. The number of carbonyl (C=O) groups is 3. The Morgan fingerprint density at radius 2 is 1.40 bits per heavy atom. The smallest absolute Gasteiger partial charge is 0.336 e. The molecule has 0 aromatic rings. The van der Waals surface area contributed by atoms with Gasteiger partial charge in [0.2, 0.25) is 0 Å². The minimum atomic E-state index is -2.49. The molecule has 0 atom stereocenters. The molecule has 0 unspecified atom stereocenters. The quantitative estimate of drug-likeness (QED) is 0.567. The Hall–Kier alpha value is -1.63. The van der Waals surface area contributed by atoms with E-state index in [0.29, 0.717) is 0 Å². The molecule has 0 aliphatic rings. The molecule has 0 bridgehead atoms. The highest BCUT2D eigenvalue weighted by Gasteiger charge is 2.41. The molecule has 0 aromatic carbocycles. The van der Waals surface area contributed by atoms with Crippen molar-refractivity contribution in [2.24, 2.45) is 0 Å². The Morgan fingerprint density at radius 3 is 1.60 bits per heavy atom. The van der Waals surface area contributed by atoms with Crippen LogP contribution in [-0.2, 0) is 23.9 Å². The van der Waals surface area contributed by atoms with Crippen molar-refractivity contribution < 1.29 is 34.1 Å². The van der Waals surface area contributed by atoms with Crippen LogP contribution in [0.3, 0.4) is 0 Å². The van der Waals surface area contributed by atoms with Gasteiger partial charge in [-0.15, -0.1) is 0 Å². The number of hydrogen-bond acceptors (Lipinski definition) is 6. The standard InChI is InChI=1S/C8H12O7/c1-14-5(9)3-8(13,7(11)12)4-6(10)15-2/h13H,3-4H2,1-2H3,(H,11,12). The second kappa shape index (κ2) is 5.30. The maximum Gasteiger partial charge on any atom is 0.336 e. The highest BCUT2D eigenvalue weighted by Crippen LogP contribution is 2.17. The number of carbonyl (C=O) groups excluding carboxylic acids is 2. The summed E-state index contributed by atoms with van der Waals surface area (Å²) >= 11 is 0. The molecule has 0 saturated carbocycles. The highest BCUT2D eigenvalue weighted by atomic mass is 16.5. The zero-order valence-electron chi connectivity index (χ0n) is 8.35. The summed E-state index contributed by atoms with van der Waals surface area (Å²) < 4.78 is 8.39. The van der Waals surface area contributed by atoms with Crippen LogP contribution >= 0.6 is 0 Å². The van der Waals surface area contributed by atoms with Gasteiger partial charge >= 0.3 is 17.9 Å². The third-order valence-corrected chi connectivity index (χ3v) is 1.73. The molecule has 0 fully saturated rings. The molecular formula is C8H12O7. The molecule has 7 heteroatoms. The average Bonchev–Trinajstić information content (AvgIpc) is 2.16. The van der Waals surface area contributed by atoms with E-state index in [9.17, 15) is 19.5 Å².